The lowest BCUT2D eigenvalue weighted by Gasteiger charge is -2.12. The number of hydrogen-bond acceptors (Lipinski definition) is 3. The molecule has 0 fully saturated rings. The van der Waals surface area contributed by atoms with Crippen molar-refractivity contribution >= 4 is 22.5 Å². The highest BCUT2D eigenvalue weighted by molar-refractivity contribution is 6.30. The SMILES string of the molecule is CC(C)NCC(O)c1nn(Cc2ccc(Cl)cc2)c2ccccc12. The molecule has 5 heteroatoms. The van der Waals surface area contributed by atoms with Crippen LogP contribution in [0.2, 0.25) is 5.02 Å². The van der Waals surface area contributed by atoms with Crippen LogP contribution in [0, 0.1) is 0 Å². The Hall–Kier alpha value is -1.88. The van der Waals surface area contributed by atoms with Gasteiger partial charge in [-0.2, -0.15) is 5.10 Å². The molecule has 0 aliphatic carbocycles. The van der Waals surface area contributed by atoms with Gasteiger partial charge in [0.05, 0.1) is 12.1 Å². The number of nitrogens with zero attached hydrogens (tertiary/aromatic N) is 2. The van der Waals surface area contributed by atoms with E-state index >= 15 is 0 Å². The molecule has 0 saturated carbocycles. The Morgan fingerprint density at radius 2 is 1.83 bits per heavy atom. The van der Waals surface area contributed by atoms with Crippen molar-refractivity contribution in [3.63, 3.8) is 0 Å². The zero-order valence-corrected chi connectivity index (χ0v) is 14.7. The lowest BCUT2D eigenvalue weighted by Crippen LogP contribution is -2.28. The molecule has 0 bridgehead atoms. The van der Waals surface area contributed by atoms with Crippen LogP contribution in [-0.4, -0.2) is 27.5 Å². The van der Waals surface area contributed by atoms with Crippen molar-refractivity contribution in [2.45, 2.75) is 32.5 Å². The van der Waals surface area contributed by atoms with E-state index in [0.717, 1.165) is 21.5 Å². The quantitative estimate of drug-likeness (QED) is 0.716. The lowest BCUT2D eigenvalue weighted by atomic mass is 10.1. The summed E-state index contributed by atoms with van der Waals surface area (Å²) in [5.74, 6) is 0. The lowest BCUT2D eigenvalue weighted by molar-refractivity contribution is 0.167. The third-order valence-electron chi connectivity index (χ3n) is 3.97. The van der Waals surface area contributed by atoms with Crippen LogP contribution < -0.4 is 5.32 Å². The van der Waals surface area contributed by atoms with Gasteiger partial charge in [0.15, 0.2) is 0 Å². The van der Waals surface area contributed by atoms with Crippen molar-refractivity contribution in [2.24, 2.45) is 0 Å². The average Bonchev–Trinajstić information content (AvgIpc) is 2.94. The van der Waals surface area contributed by atoms with Crippen molar-refractivity contribution < 1.29 is 5.11 Å². The van der Waals surface area contributed by atoms with E-state index in [9.17, 15) is 5.11 Å². The van der Waals surface area contributed by atoms with Crippen molar-refractivity contribution in [1.29, 1.82) is 0 Å². The minimum Gasteiger partial charge on any atom is -0.385 e. The predicted octanol–water partition coefficient (Wildman–Crippen LogP) is 3.77. The Bertz CT molecular complexity index is 811. The number of aromatic nitrogens is 2. The van der Waals surface area contributed by atoms with E-state index in [0.29, 0.717) is 24.8 Å². The third-order valence-corrected chi connectivity index (χ3v) is 4.22. The first-order valence-electron chi connectivity index (χ1n) is 8.16. The minimum atomic E-state index is -0.635. The number of rotatable bonds is 6. The molecule has 1 unspecified atom stereocenters. The Kier molecular flexibility index (Phi) is 5.19. The zero-order valence-electron chi connectivity index (χ0n) is 13.9. The molecule has 0 aliphatic rings. The molecule has 0 spiro atoms. The van der Waals surface area contributed by atoms with E-state index in [2.05, 4.69) is 24.3 Å². The zero-order chi connectivity index (χ0) is 17.1. The summed E-state index contributed by atoms with van der Waals surface area (Å²) in [6.07, 6.45) is -0.635. The molecule has 3 aromatic rings. The summed E-state index contributed by atoms with van der Waals surface area (Å²) in [5, 5.41) is 20.2. The largest absolute Gasteiger partial charge is 0.385 e. The molecule has 1 aromatic heterocycles. The first-order chi connectivity index (χ1) is 11.5. The summed E-state index contributed by atoms with van der Waals surface area (Å²) in [5.41, 5.74) is 2.85. The second-order valence-electron chi connectivity index (χ2n) is 6.27. The number of aliphatic hydroxyl groups excluding tert-OH is 1. The second kappa shape index (κ2) is 7.34. The summed E-state index contributed by atoms with van der Waals surface area (Å²) < 4.78 is 1.94. The van der Waals surface area contributed by atoms with Crippen molar-refractivity contribution in [2.75, 3.05) is 6.54 Å². The Morgan fingerprint density at radius 1 is 1.12 bits per heavy atom. The monoisotopic (exact) mass is 343 g/mol. The fourth-order valence-corrected chi connectivity index (χ4v) is 2.85. The molecule has 4 nitrogen and oxygen atoms in total. The van der Waals surface area contributed by atoms with Crippen LogP contribution >= 0.6 is 11.6 Å². The predicted molar refractivity (Wildman–Crippen MR) is 98.4 cm³/mol. The molecule has 1 atom stereocenters. The molecule has 24 heavy (non-hydrogen) atoms. The summed E-state index contributed by atoms with van der Waals surface area (Å²) >= 11 is 5.95. The second-order valence-corrected chi connectivity index (χ2v) is 6.70. The number of para-hydroxylation sites is 1. The van der Waals surface area contributed by atoms with Crippen LogP contribution in [0.3, 0.4) is 0 Å². The number of halogens is 1. The smallest absolute Gasteiger partial charge is 0.111 e. The van der Waals surface area contributed by atoms with E-state index in [-0.39, 0.29) is 0 Å². The van der Waals surface area contributed by atoms with Gasteiger partial charge in [0, 0.05) is 23.0 Å². The standard InChI is InChI=1S/C19H22ClN3O/c1-13(2)21-11-18(24)19-16-5-3-4-6-17(16)23(22-19)12-14-7-9-15(20)10-8-14/h3-10,13,18,21,24H,11-12H2,1-2H3. The van der Waals surface area contributed by atoms with Crippen LogP contribution in [0.5, 0.6) is 0 Å². The van der Waals surface area contributed by atoms with Crippen LogP contribution in [0.1, 0.15) is 31.2 Å². The van der Waals surface area contributed by atoms with E-state index in [4.69, 9.17) is 11.6 Å². The van der Waals surface area contributed by atoms with Gasteiger partial charge in [0.25, 0.3) is 0 Å². The minimum absolute atomic E-state index is 0.321. The summed E-state index contributed by atoms with van der Waals surface area (Å²) in [6.45, 7) is 5.25. The van der Waals surface area contributed by atoms with Gasteiger partial charge in [0.2, 0.25) is 0 Å². The van der Waals surface area contributed by atoms with Gasteiger partial charge in [-0.1, -0.05) is 55.8 Å². The molecule has 3 rings (SSSR count). The van der Waals surface area contributed by atoms with Gasteiger partial charge in [0.1, 0.15) is 11.8 Å². The number of hydrogen-bond donors (Lipinski definition) is 2. The maximum Gasteiger partial charge on any atom is 0.111 e. The fraction of sp³-hybridized carbons (Fsp3) is 0.316. The molecule has 1 heterocycles. The normalized spacial score (nSPS) is 12.9. The van der Waals surface area contributed by atoms with Gasteiger partial charge in [-0.05, 0) is 23.8 Å². The maximum atomic E-state index is 10.5. The molecule has 0 saturated heterocycles. The van der Waals surface area contributed by atoms with E-state index < -0.39 is 6.10 Å². The Morgan fingerprint density at radius 3 is 2.54 bits per heavy atom. The van der Waals surface area contributed by atoms with Crippen LogP contribution in [-0.2, 0) is 6.54 Å². The fourth-order valence-electron chi connectivity index (χ4n) is 2.73. The van der Waals surface area contributed by atoms with E-state index in [1.54, 1.807) is 0 Å². The van der Waals surface area contributed by atoms with Crippen LogP contribution in [0.15, 0.2) is 48.5 Å². The highest BCUT2D eigenvalue weighted by Gasteiger charge is 2.17. The molecule has 126 valence electrons. The molecular weight excluding hydrogens is 322 g/mol. The van der Waals surface area contributed by atoms with Gasteiger partial charge >= 0.3 is 0 Å². The first kappa shape index (κ1) is 17.0. The van der Waals surface area contributed by atoms with E-state index in [1.165, 1.54) is 0 Å². The molecule has 0 radical (unpaired) electrons. The Labute approximate surface area is 147 Å². The van der Waals surface area contributed by atoms with Gasteiger partial charge in [-0.3, -0.25) is 4.68 Å². The number of benzene rings is 2. The van der Waals surface area contributed by atoms with Crippen molar-refractivity contribution in [3.05, 3.63) is 64.8 Å². The summed E-state index contributed by atoms with van der Waals surface area (Å²) in [7, 11) is 0. The highest BCUT2D eigenvalue weighted by Crippen LogP contribution is 2.24. The molecule has 0 aliphatic heterocycles. The number of nitrogens with one attached hydrogen (secondary N) is 1. The molecule has 2 N–H and O–H groups in total. The summed E-state index contributed by atoms with van der Waals surface area (Å²) in [4.78, 5) is 0. The number of fused-ring (bicyclic) bond motifs is 1. The maximum absolute atomic E-state index is 10.5. The Balaban J connectivity index is 1.92. The van der Waals surface area contributed by atoms with Crippen LogP contribution in [0.4, 0.5) is 0 Å². The van der Waals surface area contributed by atoms with Gasteiger partial charge in [-0.25, -0.2) is 0 Å². The average molecular weight is 344 g/mol. The molecular formula is C19H22ClN3O. The van der Waals surface area contributed by atoms with Crippen LogP contribution in [0.25, 0.3) is 10.9 Å². The molecule has 2 aromatic carbocycles. The number of aliphatic hydroxyl groups is 1. The van der Waals surface area contributed by atoms with E-state index in [1.807, 2.05) is 53.2 Å². The van der Waals surface area contributed by atoms with Gasteiger partial charge in [-0.15, -0.1) is 0 Å². The van der Waals surface area contributed by atoms with Crippen molar-refractivity contribution in [1.82, 2.24) is 15.1 Å². The highest BCUT2D eigenvalue weighted by atomic mass is 35.5. The van der Waals surface area contributed by atoms with Gasteiger partial charge < -0.3 is 10.4 Å². The topological polar surface area (TPSA) is 50.1 Å². The van der Waals surface area contributed by atoms with Crippen molar-refractivity contribution in [3.8, 4) is 0 Å². The first-order valence-corrected chi connectivity index (χ1v) is 8.53. The third kappa shape index (κ3) is 3.78. The molecule has 0 amide bonds. The summed E-state index contributed by atoms with van der Waals surface area (Å²) in [6, 6.07) is 16.1.